The molecule has 1 atom stereocenters. The van der Waals surface area contributed by atoms with Crippen LogP contribution >= 0.6 is 7.80 Å². The molecule has 0 rings (SSSR count). The molecule has 1 nitrogen and oxygen atoms in total. The van der Waals surface area contributed by atoms with Crippen LogP contribution in [0.15, 0.2) is 0 Å². The summed E-state index contributed by atoms with van der Waals surface area (Å²) >= 11 is 0. The highest BCUT2D eigenvalue weighted by molar-refractivity contribution is 7.44. The van der Waals surface area contributed by atoms with E-state index < -0.39 is 7.80 Å². The lowest BCUT2D eigenvalue weighted by atomic mass is 10.6. The predicted molar refractivity (Wildman–Crippen MR) is 36.5 cm³/mol. The van der Waals surface area contributed by atoms with Crippen LogP contribution in [0.5, 0.6) is 0 Å². The first-order valence-corrected chi connectivity index (χ1v) is 4.29. The summed E-state index contributed by atoms with van der Waals surface area (Å²) in [7, 11) is -1.07. The quantitative estimate of drug-likeness (QED) is 0.420. The Balaban J connectivity index is 3.23. The van der Waals surface area contributed by atoms with Crippen molar-refractivity contribution in [3.05, 3.63) is 0 Å². The molecule has 0 aliphatic rings. The average Bonchev–Trinajstić information content (AvgIpc) is 1.68. The van der Waals surface area contributed by atoms with Crippen LogP contribution in [0.4, 0.5) is 0 Å². The summed E-state index contributed by atoms with van der Waals surface area (Å²) in [4.78, 5) is 0. The smallest absolute Gasteiger partial charge is 0.116 e. The molecule has 0 spiro atoms. The minimum Gasteiger partial charge on any atom is -0.116 e. The molecule has 0 amide bonds. The molecule has 0 N–H and O–H groups in total. The van der Waals surface area contributed by atoms with E-state index in [0.29, 0.717) is 6.16 Å². The molecule has 0 bridgehead atoms. The van der Waals surface area contributed by atoms with Crippen molar-refractivity contribution >= 4 is 7.80 Å². The van der Waals surface area contributed by atoms with Gasteiger partial charge in [0.2, 0.25) is 6.16 Å². The number of hydrogen-bond acceptors (Lipinski definition) is 1. The third kappa shape index (κ3) is 3.84. The lowest BCUT2D eigenvalue weighted by Crippen LogP contribution is -1.75. The fourth-order valence-corrected chi connectivity index (χ4v) is 1.29. The van der Waals surface area contributed by atoms with Gasteiger partial charge in [0.25, 0.3) is 0 Å². The molecule has 0 aliphatic heterocycles. The van der Waals surface area contributed by atoms with E-state index in [2.05, 4.69) is 5.92 Å². The molecule has 0 aromatic rings. The molecule has 0 aromatic heterocycles. The summed E-state index contributed by atoms with van der Waals surface area (Å²) in [6.45, 7) is 2.00. The summed E-state index contributed by atoms with van der Waals surface area (Å²) < 4.78 is 10.6. The molecule has 0 fully saturated rings. The van der Waals surface area contributed by atoms with Gasteiger partial charge in [0.1, 0.15) is 6.16 Å². The van der Waals surface area contributed by atoms with E-state index in [0.717, 1.165) is 12.6 Å². The second-order valence-electron chi connectivity index (χ2n) is 1.57. The van der Waals surface area contributed by atoms with E-state index in [1.165, 1.54) is 0 Å². The molecule has 0 saturated heterocycles. The van der Waals surface area contributed by atoms with Crippen LogP contribution in [0.1, 0.15) is 13.3 Å². The van der Waals surface area contributed by atoms with Crippen LogP contribution in [0.2, 0.25) is 0 Å². The van der Waals surface area contributed by atoms with Gasteiger partial charge < -0.3 is 0 Å². The van der Waals surface area contributed by atoms with Crippen molar-refractivity contribution in [3.63, 3.8) is 0 Å². The van der Waals surface area contributed by atoms with Gasteiger partial charge in [-0.2, -0.15) is 0 Å². The largest absolute Gasteiger partial charge is 0.351 e. The van der Waals surface area contributed by atoms with Gasteiger partial charge in [0, 0.05) is 0 Å². The summed E-state index contributed by atoms with van der Waals surface area (Å²) in [6.07, 6.45) is 7.12. The molecule has 0 aliphatic carbocycles. The Morgan fingerprint density at radius 1 is 1.75 bits per heavy atom. The Kier molecular flexibility index (Phi) is 4.61. The van der Waals surface area contributed by atoms with Crippen molar-refractivity contribution in [3.8, 4) is 12.3 Å². The van der Waals surface area contributed by atoms with Gasteiger partial charge in [-0.1, -0.05) is 17.4 Å². The van der Waals surface area contributed by atoms with Gasteiger partial charge in [-0.05, 0) is 6.42 Å². The summed E-state index contributed by atoms with van der Waals surface area (Å²) in [6, 6.07) is 0. The maximum Gasteiger partial charge on any atom is 0.351 e. The van der Waals surface area contributed by atoms with Gasteiger partial charge in [0.15, 0.2) is 0 Å². The van der Waals surface area contributed by atoms with E-state index in [1.807, 2.05) is 6.92 Å². The maximum atomic E-state index is 10.6. The van der Waals surface area contributed by atoms with Crippen molar-refractivity contribution in [1.29, 1.82) is 0 Å². The minimum atomic E-state index is -1.07. The first-order chi connectivity index (χ1) is 3.81. The van der Waals surface area contributed by atoms with E-state index in [4.69, 9.17) is 6.42 Å². The van der Waals surface area contributed by atoms with E-state index >= 15 is 0 Å². The van der Waals surface area contributed by atoms with Gasteiger partial charge in [-0.15, -0.1) is 6.42 Å². The molecular weight excluding hydrogens is 119 g/mol. The Morgan fingerprint density at radius 3 is 2.75 bits per heavy atom. The number of rotatable bonds is 3. The lowest BCUT2D eigenvalue weighted by molar-refractivity contribution is 0.589. The highest BCUT2D eigenvalue weighted by atomic mass is 31.1. The SMILES string of the molecule is C#CC[P+](=O)CCC. The molecule has 1 unspecified atom stereocenters. The highest BCUT2D eigenvalue weighted by Gasteiger charge is 2.08. The number of terminal acetylenes is 1. The van der Waals surface area contributed by atoms with Gasteiger partial charge in [-0.3, -0.25) is 0 Å². The minimum absolute atomic E-state index is 0.448. The Labute approximate surface area is 51.3 Å². The molecule has 0 heterocycles. The van der Waals surface area contributed by atoms with E-state index in [1.54, 1.807) is 0 Å². The average molecular weight is 129 g/mol. The molecular formula is C6H10OP+. The van der Waals surface area contributed by atoms with Crippen LogP contribution in [-0.4, -0.2) is 12.3 Å². The lowest BCUT2D eigenvalue weighted by Gasteiger charge is -1.74. The van der Waals surface area contributed by atoms with Crippen LogP contribution < -0.4 is 0 Å². The normalized spacial score (nSPS) is 10.2. The first-order valence-electron chi connectivity index (χ1n) is 2.66. The maximum absolute atomic E-state index is 10.6. The van der Waals surface area contributed by atoms with Gasteiger partial charge in [0.05, 0.1) is 0 Å². The van der Waals surface area contributed by atoms with E-state index in [-0.39, 0.29) is 0 Å². The summed E-state index contributed by atoms with van der Waals surface area (Å²) in [5.41, 5.74) is 0. The van der Waals surface area contributed by atoms with Gasteiger partial charge in [-0.25, -0.2) is 0 Å². The monoisotopic (exact) mass is 129 g/mol. The van der Waals surface area contributed by atoms with Crippen molar-refractivity contribution in [2.75, 3.05) is 12.3 Å². The zero-order valence-corrected chi connectivity index (χ0v) is 5.95. The molecule has 8 heavy (non-hydrogen) atoms. The van der Waals surface area contributed by atoms with Gasteiger partial charge >= 0.3 is 7.80 Å². The Hall–Kier alpha value is -0.340. The molecule has 44 valence electrons. The zero-order valence-electron chi connectivity index (χ0n) is 5.05. The van der Waals surface area contributed by atoms with Crippen molar-refractivity contribution < 1.29 is 4.57 Å². The molecule has 0 saturated carbocycles. The predicted octanol–water partition coefficient (Wildman–Crippen LogP) is 1.86. The molecule has 2 heteroatoms. The third-order valence-corrected chi connectivity index (χ3v) is 2.22. The fourth-order valence-electron chi connectivity index (χ4n) is 0.430. The van der Waals surface area contributed by atoms with E-state index in [9.17, 15) is 4.57 Å². The Bertz CT molecular complexity index is 112. The fraction of sp³-hybridized carbons (Fsp3) is 0.667. The van der Waals surface area contributed by atoms with Crippen molar-refractivity contribution in [2.24, 2.45) is 0 Å². The summed E-state index contributed by atoms with van der Waals surface area (Å²) in [5.74, 6) is 2.37. The van der Waals surface area contributed by atoms with Crippen molar-refractivity contribution in [2.45, 2.75) is 13.3 Å². The topological polar surface area (TPSA) is 17.1 Å². The van der Waals surface area contributed by atoms with Crippen LogP contribution in [0.3, 0.4) is 0 Å². The molecule has 0 aromatic carbocycles. The second kappa shape index (κ2) is 4.81. The Morgan fingerprint density at radius 2 is 2.38 bits per heavy atom. The van der Waals surface area contributed by atoms with Crippen LogP contribution in [-0.2, 0) is 4.57 Å². The molecule has 0 radical (unpaired) electrons. The first kappa shape index (κ1) is 7.66. The zero-order chi connectivity index (χ0) is 6.41. The third-order valence-electron chi connectivity index (χ3n) is 0.741. The van der Waals surface area contributed by atoms with Crippen molar-refractivity contribution in [1.82, 2.24) is 0 Å². The van der Waals surface area contributed by atoms with Crippen LogP contribution in [0.25, 0.3) is 0 Å². The highest BCUT2D eigenvalue weighted by Crippen LogP contribution is 2.18. The second-order valence-corrected chi connectivity index (χ2v) is 3.29. The number of hydrogen-bond donors (Lipinski definition) is 0. The van der Waals surface area contributed by atoms with Crippen LogP contribution in [0, 0.1) is 12.3 Å². The standard InChI is InChI=1S/C6H10OP/c1-3-5-8(7)6-4-2/h1H,4-6H2,2H3/q+1. The summed E-state index contributed by atoms with van der Waals surface area (Å²) in [5, 5.41) is 0.